The van der Waals surface area contributed by atoms with Gasteiger partial charge in [-0.2, -0.15) is 0 Å². The summed E-state index contributed by atoms with van der Waals surface area (Å²) >= 11 is 0. The second kappa shape index (κ2) is 6.12. The second-order valence-electron chi connectivity index (χ2n) is 3.69. The van der Waals surface area contributed by atoms with Crippen LogP contribution in [0.3, 0.4) is 0 Å². The minimum absolute atomic E-state index is 1.06. The third-order valence-electron chi connectivity index (χ3n) is 2.72. The summed E-state index contributed by atoms with van der Waals surface area (Å²) < 4.78 is 0. The quantitative estimate of drug-likeness (QED) is 0.722. The zero-order chi connectivity index (χ0) is 12.0. The maximum atomic E-state index is 3.79. The van der Waals surface area contributed by atoms with Gasteiger partial charge in [-0.3, -0.25) is 0 Å². The Morgan fingerprint density at radius 2 is 2.00 bits per heavy atom. The van der Waals surface area contributed by atoms with E-state index in [2.05, 4.69) is 63.8 Å². The molecule has 0 aromatic heterocycles. The van der Waals surface area contributed by atoms with Crippen molar-refractivity contribution >= 4 is 18.2 Å². The van der Waals surface area contributed by atoms with E-state index in [1.807, 2.05) is 6.08 Å². The van der Waals surface area contributed by atoms with Gasteiger partial charge in [0.1, 0.15) is 0 Å². The molecule has 0 heterocycles. The molecule has 0 atom stereocenters. The molecular weight excluding hydrogens is 192 g/mol. The van der Waals surface area contributed by atoms with Gasteiger partial charge >= 0.3 is 0 Å². The first-order valence-corrected chi connectivity index (χ1v) is 5.82. The van der Waals surface area contributed by atoms with E-state index in [1.54, 1.807) is 0 Å². The van der Waals surface area contributed by atoms with Crippen LogP contribution in [0.2, 0.25) is 0 Å². The fourth-order valence-corrected chi connectivity index (χ4v) is 1.93. The van der Waals surface area contributed by atoms with E-state index >= 15 is 0 Å². The Morgan fingerprint density at radius 3 is 2.50 bits per heavy atom. The van der Waals surface area contributed by atoms with Gasteiger partial charge in [-0.15, -0.1) is 0 Å². The van der Waals surface area contributed by atoms with Crippen molar-refractivity contribution in [3.05, 3.63) is 52.4 Å². The van der Waals surface area contributed by atoms with Crippen LogP contribution in [0.1, 0.15) is 31.9 Å². The lowest BCUT2D eigenvalue weighted by molar-refractivity contribution is 1.12. The first-order chi connectivity index (χ1) is 7.78. The molecule has 0 aliphatic heterocycles. The third-order valence-corrected chi connectivity index (χ3v) is 2.72. The molecule has 1 rings (SSSR count). The molecule has 0 spiro atoms. The minimum atomic E-state index is 1.06. The summed E-state index contributed by atoms with van der Waals surface area (Å²) in [5, 5.41) is 2.54. The normalized spacial score (nSPS) is 13.7. The zero-order valence-electron chi connectivity index (χ0n) is 10.5. The predicted octanol–water partition coefficient (Wildman–Crippen LogP) is 3.05. The van der Waals surface area contributed by atoms with E-state index in [4.69, 9.17) is 0 Å². The van der Waals surface area contributed by atoms with Crippen LogP contribution in [-0.2, 0) is 6.42 Å². The molecule has 0 heteroatoms. The van der Waals surface area contributed by atoms with Gasteiger partial charge in [0.25, 0.3) is 0 Å². The lowest BCUT2D eigenvalue weighted by Crippen LogP contribution is -2.28. The van der Waals surface area contributed by atoms with Crippen LogP contribution in [0, 0.1) is 0 Å². The SMILES string of the molecule is C=C/C=c1/c(/C=C\C)c(CC)cc/c1=C/C. The standard InChI is InChI=1S/C16H20/c1-5-9-15-13(7-3)11-12-14(8-4)16(15)10-6-2/h5-7,9-12H,1,8H2,2-4H3/b10-6-,13-7-,15-9+. The van der Waals surface area contributed by atoms with E-state index in [-0.39, 0.29) is 0 Å². The number of benzene rings is 1. The molecular formula is C16H20. The van der Waals surface area contributed by atoms with Crippen molar-refractivity contribution in [3.8, 4) is 0 Å². The van der Waals surface area contributed by atoms with Crippen molar-refractivity contribution < 1.29 is 0 Å². The van der Waals surface area contributed by atoms with Gasteiger partial charge in [0.2, 0.25) is 0 Å². The van der Waals surface area contributed by atoms with Crippen LogP contribution >= 0.6 is 0 Å². The number of aryl methyl sites for hydroxylation is 1. The highest BCUT2D eigenvalue weighted by atomic mass is 14.0. The summed E-state index contributed by atoms with van der Waals surface area (Å²) in [5.74, 6) is 0. The van der Waals surface area contributed by atoms with Crippen LogP contribution in [-0.4, -0.2) is 0 Å². The highest BCUT2D eigenvalue weighted by molar-refractivity contribution is 5.58. The molecule has 1 aromatic carbocycles. The van der Waals surface area contributed by atoms with Gasteiger partial charge in [0.15, 0.2) is 0 Å². The molecule has 84 valence electrons. The molecule has 0 fully saturated rings. The Labute approximate surface area is 98.3 Å². The molecule has 1 aromatic rings. The molecule has 0 aliphatic rings. The van der Waals surface area contributed by atoms with Crippen LogP contribution in [0.25, 0.3) is 18.2 Å². The maximum Gasteiger partial charge on any atom is -0.0112 e. The molecule has 0 bridgehead atoms. The first kappa shape index (κ1) is 12.5. The average molecular weight is 212 g/mol. The molecule has 0 nitrogen and oxygen atoms in total. The Bertz CT molecular complexity index is 502. The largest absolute Gasteiger partial charge is 0.0990 e. The first-order valence-electron chi connectivity index (χ1n) is 5.82. The van der Waals surface area contributed by atoms with Crippen LogP contribution < -0.4 is 10.4 Å². The van der Waals surface area contributed by atoms with Crippen molar-refractivity contribution in [2.45, 2.75) is 27.2 Å². The lowest BCUT2D eigenvalue weighted by atomic mass is 10.00. The van der Waals surface area contributed by atoms with Crippen LogP contribution in [0.4, 0.5) is 0 Å². The Hall–Kier alpha value is -1.56. The van der Waals surface area contributed by atoms with E-state index in [1.165, 1.54) is 21.6 Å². The number of hydrogen-bond acceptors (Lipinski definition) is 0. The Balaban J connectivity index is 3.74. The maximum absolute atomic E-state index is 3.79. The lowest BCUT2D eigenvalue weighted by Gasteiger charge is -2.05. The van der Waals surface area contributed by atoms with Crippen molar-refractivity contribution in [2.24, 2.45) is 0 Å². The highest BCUT2D eigenvalue weighted by Gasteiger charge is 1.99. The molecule has 0 unspecified atom stereocenters. The summed E-state index contributed by atoms with van der Waals surface area (Å²) in [6.45, 7) is 10.1. The summed E-state index contributed by atoms with van der Waals surface area (Å²) in [5.41, 5.74) is 2.71. The van der Waals surface area contributed by atoms with Gasteiger partial charge in [-0.25, -0.2) is 0 Å². The second-order valence-corrected chi connectivity index (χ2v) is 3.69. The molecule has 16 heavy (non-hydrogen) atoms. The van der Waals surface area contributed by atoms with Crippen molar-refractivity contribution in [1.82, 2.24) is 0 Å². The predicted molar refractivity (Wildman–Crippen MR) is 74.6 cm³/mol. The van der Waals surface area contributed by atoms with E-state index in [0.717, 1.165) is 6.42 Å². The van der Waals surface area contributed by atoms with Crippen LogP contribution in [0.15, 0.2) is 30.9 Å². The molecule has 0 amide bonds. The molecule has 0 N–H and O–H groups in total. The summed E-state index contributed by atoms with van der Waals surface area (Å²) in [4.78, 5) is 0. The fraction of sp³-hybridized carbons (Fsp3) is 0.250. The van der Waals surface area contributed by atoms with Gasteiger partial charge in [0, 0.05) is 0 Å². The number of rotatable bonds is 3. The molecule has 0 radical (unpaired) electrons. The summed E-state index contributed by atoms with van der Waals surface area (Å²) in [6, 6.07) is 4.40. The van der Waals surface area contributed by atoms with Gasteiger partial charge in [0.05, 0.1) is 0 Å². The van der Waals surface area contributed by atoms with Crippen molar-refractivity contribution in [3.63, 3.8) is 0 Å². The Morgan fingerprint density at radius 1 is 1.25 bits per heavy atom. The topological polar surface area (TPSA) is 0 Å². The van der Waals surface area contributed by atoms with E-state index < -0.39 is 0 Å². The number of hydrogen-bond donors (Lipinski definition) is 0. The highest BCUT2D eigenvalue weighted by Crippen LogP contribution is 2.05. The summed E-state index contributed by atoms with van der Waals surface area (Å²) in [7, 11) is 0. The van der Waals surface area contributed by atoms with Gasteiger partial charge in [-0.1, -0.05) is 56.0 Å². The monoisotopic (exact) mass is 212 g/mol. The molecule has 0 saturated heterocycles. The fourth-order valence-electron chi connectivity index (χ4n) is 1.93. The minimum Gasteiger partial charge on any atom is -0.0990 e. The summed E-state index contributed by atoms with van der Waals surface area (Å²) in [6.07, 6.45) is 11.4. The third kappa shape index (κ3) is 2.52. The average Bonchev–Trinajstić information content (AvgIpc) is 2.31. The van der Waals surface area contributed by atoms with Crippen molar-refractivity contribution in [1.29, 1.82) is 0 Å². The smallest absolute Gasteiger partial charge is 0.0112 e. The van der Waals surface area contributed by atoms with Crippen LogP contribution in [0.5, 0.6) is 0 Å². The molecule has 0 aliphatic carbocycles. The zero-order valence-corrected chi connectivity index (χ0v) is 10.5. The van der Waals surface area contributed by atoms with E-state index in [0.29, 0.717) is 0 Å². The van der Waals surface area contributed by atoms with Gasteiger partial charge in [-0.05, 0) is 41.8 Å². The number of allylic oxidation sites excluding steroid dienone is 2. The Kier molecular flexibility index (Phi) is 4.78. The van der Waals surface area contributed by atoms with E-state index in [9.17, 15) is 0 Å². The molecule has 0 saturated carbocycles. The van der Waals surface area contributed by atoms with Crippen molar-refractivity contribution in [2.75, 3.05) is 0 Å². The van der Waals surface area contributed by atoms with Gasteiger partial charge < -0.3 is 0 Å².